The van der Waals surface area contributed by atoms with Crippen LogP contribution in [0, 0.1) is 5.41 Å². The first-order chi connectivity index (χ1) is 7.49. The van der Waals surface area contributed by atoms with Crippen LogP contribution in [-0.2, 0) is 10.2 Å². The zero-order chi connectivity index (χ0) is 11.8. The molecule has 1 aliphatic rings. The lowest BCUT2D eigenvalue weighted by molar-refractivity contribution is -0.113. The molecule has 16 heavy (non-hydrogen) atoms. The molecule has 0 spiro atoms. The van der Waals surface area contributed by atoms with Crippen molar-refractivity contribution in [2.75, 3.05) is 20.3 Å². The van der Waals surface area contributed by atoms with Crippen LogP contribution in [0.15, 0.2) is 24.3 Å². The summed E-state index contributed by atoms with van der Waals surface area (Å²) in [5.74, 6) is 0.910. The Morgan fingerprint density at radius 3 is 2.00 bits per heavy atom. The molecule has 2 heteroatoms. The highest BCUT2D eigenvalue weighted by Gasteiger charge is 2.49. The lowest BCUT2D eigenvalue weighted by Crippen LogP contribution is -2.55. The summed E-state index contributed by atoms with van der Waals surface area (Å²) >= 11 is 0. The number of hydrogen-bond donors (Lipinski definition) is 0. The number of rotatable bonds is 2. The van der Waals surface area contributed by atoms with Crippen LogP contribution in [0.4, 0.5) is 0 Å². The van der Waals surface area contributed by atoms with Gasteiger partial charge < -0.3 is 9.47 Å². The van der Waals surface area contributed by atoms with E-state index in [4.69, 9.17) is 9.47 Å². The standard InChI is InChI=1S/C14H20O2/c1-13(2,3)14(9-16-10-14)11-5-7-12(15-4)8-6-11/h5-8H,9-10H2,1-4H3. The van der Waals surface area contributed by atoms with Gasteiger partial charge in [-0.1, -0.05) is 32.9 Å². The van der Waals surface area contributed by atoms with E-state index in [1.165, 1.54) is 5.56 Å². The van der Waals surface area contributed by atoms with E-state index in [1.807, 2.05) is 12.1 Å². The van der Waals surface area contributed by atoms with Gasteiger partial charge in [-0.25, -0.2) is 0 Å². The summed E-state index contributed by atoms with van der Waals surface area (Å²) in [7, 11) is 1.70. The molecule has 0 amide bonds. The summed E-state index contributed by atoms with van der Waals surface area (Å²) in [5.41, 5.74) is 1.74. The summed E-state index contributed by atoms with van der Waals surface area (Å²) < 4.78 is 10.6. The molecule has 88 valence electrons. The fourth-order valence-corrected chi connectivity index (χ4v) is 2.25. The Kier molecular flexibility index (Phi) is 2.70. The normalized spacial score (nSPS) is 19.0. The average Bonchev–Trinajstić information content (AvgIpc) is 2.15. The molecule has 1 saturated heterocycles. The van der Waals surface area contributed by atoms with Crippen LogP contribution in [0.2, 0.25) is 0 Å². The third-order valence-corrected chi connectivity index (χ3v) is 3.78. The maximum atomic E-state index is 5.44. The number of methoxy groups -OCH3 is 1. The van der Waals surface area contributed by atoms with Gasteiger partial charge >= 0.3 is 0 Å². The first-order valence-electron chi connectivity index (χ1n) is 5.72. The van der Waals surface area contributed by atoms with Crippen LogP contribution in [-0.4, -0.2) is 20.3 Å². The van der Waals surface area contributed by atoms with Gasteiger partial charge in [0, 0.05) is 5.41 Å². The highest BCUT2D eigenvalue weighted by molar-refractivity contribution is 5.35. The van der Waals surface area contributed by atoms with E-state index in [9.17, 15) is 0 Å². The van der Waals surface area contributed by atoms with E-state index < -0.39 is 0 Å². The molecule has 0 radical (unpaired) electrons. The molecule has 1 fully saturated rings. The van der Waals surface area contributed by atoms with Gasteiger partial charge in [0.05, 0.1) is 20.3 Å². The van der Waals surface area contributed by atoms with Gasteiger partial charge in [0.1, 0.15) is 5.75 Å². The van der Waals surface area contributed by atoms with E-state index >= 15 is 0 Å². The van der Waals surface area contributed by atoms with E-state index in [2.05, 4.69) is 32.9 Å². The van der Waals surface area contributed by atoms with E-state index in [0.29, 0.717) is 0 Å². The lowest BCUT2D eigenvalue weighted by Gasteiger charge is -2.51. The molecule has 1 aromatic carbocycles. The molecule has 2 nitrogen and oxygen atoms in total. The fourth-order valence-electron chi connectivity index (χ4n) is 2.25. The number of hydrogen-bond acceptors (Lipinski definition) is 2. The second kappa shape index (κ2) is 3.77. The predicted molar refractivity (Wildman–Crippen MR) is 64.9 cm³/mol. The molecule has 0 atom stereocenters. The van der Waals surface area contributed by atoms with Gasteiger partial charge in [-0.15, -0.1) is 0 Å². The quantitative estimate of drug-likeness (QED) is 0.762. The van der Waals surface area contributed by atoms with Crippen LogP contribution in [0.25, 0.3) is 0 Å². The Morgan fingerprint density at radius 1 is 1.12 bits per heavy atom. The van der Waals surface area contributed by atoms with Crippen LogP contribution in [0.3, 0.4) is 0 Å². The molecule has 2 rings (SSSR count). The minimum Gasteiger partial charge on any atom is -0.497 e. The van der Waals surface area contributed by atoms with Crippen molar-refractivity contribution < 1.29 is 9.47 Å². The summed E-state index contributed by atoms with van der Waals surface area (Å²) in [5, 5.41) is 0. The van der Waals surface area contributed by atoms with Gasteiger partial charge in [0.25, 0.3) is 0 Å². The highest BCUT2D eigenvalue weighted by Crippen LogP contribution is 2.47. The van der Waals surface area contributed by atoms with E-state index in [0.717, 1.165) is 19.0 Å². The molecule has 0 unspecified atom stereocenters. The molecular formula is C14H20O2. The third-order valence-electron chi connectivity index (χ3n) is 3.78. The Balaban J connectivity index is 2.34. The lowest BCUT2D eigenvalue weighted by atomic mass is 9.61. The minimum atomic E-state index is 0.166. The third kappa shape index (κ3) is 1.61. The van der Waals surface area contributed by atoms with Crippen molar-refractivity contribution >= 4 is 0 Å². The molecule has 1 heterocycles. The molecule has 1 aliphatic heterocycles. The van der Waals surface area contributed by atoms with Crippen molar-refractivity contribution in [3.05, 3.63) is 29.8 Å². The van der Waals surface area contributed by atoms with Crippen LogP contribution in [0.5, 0.6) is 5.75 Å². The number of ether oxygens (including phenoxy) is 2. The predicted octanol–water partition coefficient (Wildman–Crippen LogP) is 3.01. The summed E-state index contributed by atoms with van der Waals surface area (Å²) in [6.07, 6.45) is 0. The van der Waals surface area contributed by atoms with Crippen molar-refractivity contribution in [3.8, 4) is 5.75 Å². The van der Waals surface area contributed by atoms with Crippen molar-refractivity contribution in [2.45, 2.75) is 26.2 Å². The average molecular weight is 220 g/mol. The first-order valence-corrected chi connectivity index (χ1v) is 5.72. The van der Waals surface area contributed by atoms with Crippen LogP contribution in [0.1, 0.15) is 26.3 Å². The molecule has 0 aromatic heterocycles. The Labute approximate surface area is 97.6 Å². The summed E-state index contributed by atoms with van der Waals surface area (Å²) in [6, 6.07) is 8.38. The molecule has 0 aliphatic carbocycles. The van der Waals surface area contributed by atoms with Gasteiger partial charge in [-0.05, 0) is 23.1 Å². The van der Waals surface area contributed by atoms with Crippen LogP contribution >= 0.6 is 0 Å². The molecular weight excluding hydrogens is 200 g/mol. The zero-order valence-electron chi connectivity index (χ0n) is 10.5. The zero-order valence-corrected chi connectivity index (χ0v) is 10.5. The maximum Gasteiger partial charge on any atom is 0.118 e. The highest BCUT2D eigenvalue weighted by atomic mass is 16.5. The van der Waals surface area contributed by atoms with Crippen LogP contribution < -0.4 is 4.74 Å². The van der Waals surface area contributed by atoms with Gasteiger partial charge in [-0.2, -0.15) is 0 Å². The topological polar surface area (TPSA) is 18.5 Å². The van der Waals surface area contributed by atoms with E-state index in [1.54, 1.807) is 7.11 Å². The van der Waals surface area contributed by atoms with Gasteiger partial charge in [-0.3, -0.25) is 0 Å². The SMILES string of the molecule is COc1ccc(C2(C(C)(C)C)COC2)cc1. The van der Waals surface area contributed by atoms with Crippen molar-refractivity contribution in [1.82, 2.24) is 0 Å². The first kappa shape index (κ1) is 11.5. The summed E-state index contributed by atoms with van der Waals surface area (Å²) in [6.45, 7) is 8.48. The van der Waals surface area contributed by atoms with Crippen molar-refractivity contribution in [2.24, 2.45) is 5.41 Å². The van der Waals surface area contributed by atoms with Crippen molar-refractivity contribution in [1.29, 1.82) is 0 Å². The Morgan fingerprint density at radius 2 is 1.69 bits per heavy atom. The fraction of sp³-hybridized carbons (Fsp3) is 0.571. The monoisotopic (exact) mass is 220 g/mol. The molecule has 0 bridgehead atoms. The maximum absolute atomic E-state index is 5.44. The Bertz CT molecular complexity index is 355. The van der Waals surface area contributed by atoms with Crippen molar-refractivity contribution in [3.63, 3.8) is 0 Å². The van der Waals surface area contributed by atoms with Gasteiger partial charge in [0.2, 0.25) is 0 Å². The minimum absolute atomic E-state index is 0.166. The second-order valence-corrected chi connectivity index (χ2v) is 5.55. The number of benzene rings is 1. The smallest absolute Gasteiger partial charge is 0.118 e. The Hall–Kier alpha value is -1.02. The largest absolute Gasteiger partial charge is 0.497 e. The van der Waals surface area contributed by atoms with E-state index in [-0.39, 0.29) is 10.8 Å². The molecule has 0 saturated carbocycles. The molecule has 0 N–H and O–H groups in total. The van der Waals surface area contributed by atoms with Gasteiger partial charge in [0.15, 0.2) is 0 Å². The molecule has 1 aromatic rings. The summed E-state index contributed by atoms with van der Waals surface area (Å²) in [4.78, 5) is 0. The second-order valence-electron chi connectivity index (χ2n) is 5.55.